The maximum atomic E-state index is 13.5. The van der Waals surface area contributed by atoms with Gasteiger partial charge in [0.25, 0.3) is 5.91 Å². The highest BCUT2D eigenvalue weighted by atomic mass is 19.1. The van der Waals surface area contributed by atoms with Gasteiger partial charge < -0.3 is 14.8 Å². The predicted octanol–water partition coefficient (Wildman–Crippen LogP) is 3.47. The molecule has 0 unspecified atom stereocenters. The zero-order valence-corrected chi connectivity index (χ0v) is 13.9. The van der Waals surface area contributed by atoms with Crippen LogP contribution >= 0.6 is 0 Å². The standard InChI is InChI=1S/C18H17F2NO4/c1-10-4-5-12(8-16(10)24-3)18(23)25-11(2)17(22)21-15-7-6-13(19)9-14(15)20/h4-9,11H,1-3H3,(H,21,22)/t11-/m1/s1. The van der Waals surface area contributed by atoms with Crippen LogP contribution in [0.5, 0.6) is 5.75 Å². The van der Waals surface area contributed by atoms with Crippen LogP contribution in [0.1, 0.15) is 22.8 Å². The molecule has 0 radical (unpaired) electrons. The molecule has 2 aromatic rings. The van der Waals surface area contributed by atoms with Crippen LogP contribution in [-0.4, -0.2) is 25.1 Å². The molecule has 7 heteroatoms. The minimum absolute atomic E-state index is 0.202. The number of methoxy groups -OCH3 is 1. The van der Waals surface area contributed by atoms with Crippen LogP contribution in [0.4, 0.5) is 14.5 Å². The maximum Gasteiger partial charge on any atom is 0.339 e. The normalized spacial score (nSPS) is 11.6. The van der Waals surface area contributed by atoms with Crippen molar-refractivity contribution in [3.05, 3.63) is 59.2 Å². The van der Waals surface area contributed by atoms with E-state index in [0.29, 0.717) is 11.8 Å². The van der Waals surface area contributed by atoms with Crippen LogP contribution in [0.15, 0.2) is 36.4 Å². The summed E-state index contributed by atoms with van der Waals surface area (Å²) < 4.78 is 36.6. The van der Waals surface area contributed by atoms with Gasteiger partial charge in [-0.05, 0) is 43.7 Å². The van der Waals surface area contributed by atoms with Crippen LogP contribution < -0.4 is 10.1 Å². The molecule has 0 aliphatic carbocycles. The summed E-state index contributed by atoms with van der Waals surface area (Å²) in [4.78, 5) is 24.1. The van der Waals surface area contributed by atoms with Crippen LogP contribution in [0, 0.1) is 18.6 Å². The van der Waals surface area contributed by atoms with E-state index >= 15 is 0 Å². The van der Waals surface area contributed by atoms with Gasteiger partial charge in [0.15, 0.2) is 6.10 Å². The van der Waals surface area contributed by atoms with E-state index in [-0.39, 0.29) is 11.3 Å². The van der Waals surface area contributed by atoms with E-state index in [1.807, 2.05) is 6.92 Å². The molecule has 0 heterocycles. The van der Waals surface area contributed by atoms with E-state index in [1.54, 1.807) is 12.1 Å². The van der Waals surface area contributed by atoms with Crippen molar-refractivity contribution in [1.82, 2.24) is 0 Å². The van der Waals surface area contributed by atoms with Crippen molar-refractivity contribution in [3.63, 3.8) is 0 Å². The second kappa shape index (κ2) is 7.74. The molecule has 0 spiro atoms. The number of aryl methyl sites for hydroxylation is 1. The van der Waals surface area contributed by atoms with Gasteiger partial charge in [0, 0.05) is 6.07 Å². The third-order valence-electron chi connectivity index (χ3n) is 3.49. The molecule has 0 saturated heterocycles. The molecule has 0 aliphatic rings. The smallest absolute Gasteiger partial charge is 0.339 e. The molecular formula is C18H17F2NO4. The lowest BCUT2D eigenvalue weighted by Crippen LogP contribution is -2.30. The lowest BCUT2D eigenvalue weighted by atomic mass is 10.1. The zero-order chi connectivity index (χ0) is 18.6. The number of esters is 1. The van der Waals surface area contributed by atoms with Gasteiger partial charge in [-0.3, -0.25) is 4.79 Å². The lowest BCUT2D eigenvalue weighted by Gasteiger charge is -2.14. The number of rotatable bonds is 5. The van der Waals surface area contributed by atoms with Gasteiger partial charge in [-0.15, -0.1) is 0 Å². The minimum Gasteiger partial charge on any atom is -0.496 e. The minimum atomic E-state index is -1.18. The first-order chi connectivity index (χ1) is 11.8. The number of hydrogen-bond acceptors (Lipinski definition) is 4. The second-order valence-electron chi connectivity index (χ2n) is 5.35. The van der Waals surface area contributed by atoms with Crippen molar-refractivity contribution in [2.24, 2.45) is 0 Å². The largest absolute Gasteiger partial charge is 0.496 e. The summed E-state index contributed by atoms with van der Waals surface area (Å²) in [6, 6.07) is 7.47. The monoisotopic (exact) mass is 349 g/mol. The summed E-state index contributed by atoms with van der Waals surface area (Å²) in [6.07, 6.45) is -1.18. The molecule has 1 N–H and O–H groups in total. The van der Waals surface area contributed by atoms with Gasteiger partial charge in [0.1, 0.15) is 17.4 Å². The molecule has 0 fully saturated rings. The van der Waals surface area contributed by atoms with Crippen LogP contribution in [0.25, 0.3) is 0 Å². The van der Waals surface area contributed by atoms with Crippen molar-refractivity contribution < 1.29 is 27.8 Å². The van der Waals surface area contributed by atoms with Gasteiger partial charge >= 0.3 is 5.97 Å². The van der Waals surface area contributed by atoms with E-state index in [4.69, 9.17) is 9.47 Å². The number of anilines is 1. The Morgan fingerprint density at radius 1 is 1.12 bits per heavy atom. The highest BCUT2D eigenvalue weighted by Gasteiger charge is 2.20. The fourth-order valence-corrected chi connectivity index (χ4v) is 2.05. The number of amides is 1. The van der Waals surface area contributed by atoms with Crippen molar-refractivity contribution >= 4 is 17.6 Å². The van der Waals surface area contributed by atoms with Crippen LogP contribution in [-0.2, 0) is 9.53 Å². The van der Waals surface area contributed by atoms with Gasteiger partial charge in [0.2, 0.25) is 0 Å². The molecule has 0 aliphatic heterocycles. The molecule has 0 bridgehead atoms. The van der Waals surface area contributed by atoms with Crippen molar-refractivity contribution in [2.45, 2.75) is 20.0 Å². The van der Waals surface area contributed by atoms with E-state index < -0.39 is 29.6 Å². The predicted molar refractivity (Wildman–Crippen MR) is 87.6 cm³/mol. The van der Waals surface area contributed by atoms with E-state index in [1.165, 1.54) is 20.1 Å². The quantitative estimate of drug-likeness (QED) is 0.840. The molecular weight excluding hydrogens is 332 g/mol. The van der Waals surface area contributed by atoms with Crippen LogP contribution in [0.3, 0.4) is 0 Å². The maximum absolute atomic E-state index is 13.5. The number of nitrogens with one attached hydrogen (secondary N) is 1. The zero-order valence-electron chi connectivity index (χ0n) is 13.9. The average Bonchev–Trinajstić information content (AvgIpc) is 2.57. The van der Waals surface area contributed by atoms with Gasteiger partial charge in [-0.25, -0.2) is 13.6 Å². The molecule has 5 nitrogen and oxygen atoms in total. The summed E-state index contributed by atoms with van der Waals surface area (Å²) in [5.74, 6) is -2.63. The first-order valence-corrected chi connectivity index (χ1v) is 7.43. The number of halogens is 2. The molecule has 2 rings (SSSR count). The Kier molecular flexibility index (Phi) is 5.69. The number of carbonyl (C=O) groups is 2. The average molecular weight is 349 g/mol. The number of ether oxygens (including phenoxy) is 2. The lowest BCUT2D eigenvalue weighted by molar-refractivity contribution is -0.123. The van der Waals surface area contributed by atoms with Gasteiger partial charge in [-0.2, -0.15) is 0 Å². The van der Waals surface area contributed by atoms with Crippen molar-refractivity contribution in [3.8, 4) is 5.75 Å². The Morgan fingerprint density at radius 3 is 2.48 bits per heavy atom. The summed E-state index contributed by atoms with van der Waals surface area (Å²) in [7, 11) is 1.48. The van der Waals surface area contributed by atoms with E-state index in [9.17, 15) is 18.4 Å². The van der Waals surface area contributed by atoms with Gasteiger partial charge in [0.05, 0.1) is 18.4 Å². The highest BCUT2D eigenvalue weighted by molar-refractivity contribution is 5.97. The summed E-state index contributed by atoms with van der Waals surface area (Å²) in [5, 5.41) is 2.24. The summed E-state index contributed by atoms with van der Waals surface area (Å²) in [5.41, 5.74) is 0.859. The Labute approximate surface area is 143 Å². The van der Waals surface area contributed by atoms with Crippen molar-refractivity contribution in [1.29, 1.82) is 0 Å². The third kappa shape index (κ3) is 4.53. The second-order valence-corrected chi connectivity index (χ2v) is 5.35. The van der Waals surface area contributed by atoms with Gasteiger partial charge in [-0.1, -0.05) is 6.07 Å². The molecule has 0 saturated carbocycles. The third-order valence-corrected chi connectivity index (χ3v) is 3.49. The fourth-order valence-electron chi connectivity index (χ4n) is 2.05. The number of hydrogen-bond donors (Lipinski definition) is 1. The Balaban J connectivity index is 2.04. The fraction of sp³-hybridized carbons (Fsp3) is 0.222. The Hall–Kier alpha value is -2.96. The highest BCUT2D eigenvalue weighted by Crippen LogP contribution is 2.20. The first kappa shape index (κ1) is 18.4. The van der Waals surface area contributed by atoms with E-state index in [0.717, 1.165) is 17.7 Å². The molecule has 1 atom stereocenters. The molecule has 1 amide bonds. The summed E-state index contributed by atoms with van der Waals surface area (Å²) >= 11 is 0. The SMILES string of the molecule is COc1cc(C(=O)O[C@H](C)C(=O)Nc2ccc(F)cc2F)ccc1C. The molecule has 25 heavy (non-hydrogen) atoms. The topological polar surface area (TPSA) is 64.6 Å². The van der Waals surface area contributed by atoms with E-state index in [2.05, 4.69) is 5.32 Å². The van der Waals surface area contributed by atoms with Crippen LogP contribution in [0.2, 0.25) is 0 Å². The first-order valence-electron chi connectivity index (χ1n) is 7.43. The molecule has 0 aromatic heterocycles. The number of benzene rings is 2. The summed E-state index contributed by atoms with van der Waals surface area (Å²) in [6.45, 7) is 3.17. The van der Waals surface area contributed by atoms with Crippen molar-refractivity contribution in [2.75, 3.05) is 12.4 Å². The Bertz CT molecular complexity index is 808. The Morgan fingerprint density at radius 2 is 1.84 bits per heavy atom. The molecule has 132 valence electrons. The molecule has 2 aromatic carbocycles. The number of carbonyl (C=O) groups excluding carboxylic acids is 2.